The summed E-state index contributed by atoms with van der Waals surface area (Å²) in [6.45, 7) is 1.73. The van der Waals surface area contributed by atoms with E-state index in [1.54, 1.807) is 37.1 Å². The first-order chi connectivity index (χ1) is 8.97. The summed E-state index contributed by atoms with van der Waals surface area (Å²) in [4.78, 5) is 22.8. The first-order valence-electron chi connectivity index (χ1n) is 5.66. The number of hydrogen-bond acceptors (Lipinski definition) is 3. The molecule has 2 aromatic heterocycles. The number of nitrogens with zero attached hydrogens (tertiary/aromatic N) is 3. The maximum absolute atomic E-state index is 11.9. The highest BCUT2D eigenvalue weighted by molar-refractivity contribution is 5.92. The highest BCUT2D eigenvalue weighted by atomic mass is 16.4. The van der Waals surface area contributed by atoms with Gasteiger partial charge in [-0.15, -0.1) is 0 Å². The Bertz CT molecular complexity index is 627. The van der Waals surface area contributed by atoms with Crippen LogP contribution in [-0.4, -0.2) is 31.3 Å². The van der Waals surface area contributed by atoms with Crippen LogP contribution in [0.25, 0.3) is 0 Å². The molecule has 0 atom stereocenters. The van der Waals surface area contributed by atoms with Crippen molar-refractivity contribution in [1.82, 2.24) is 14.3 Å². The Hall–Kier alpha value is -2.57. The van der Waals surface area contributed by atoms with Crippen LogP contribution in [0, 0.1) is 6.92 Å². The molecule has 0 unspecified atom stereocenters. The number of anilines is 1. The van der Waals surface area contributed by atoms with Gasteiger partial charge in [0.15, 0.2) is 0 Å². The van der Waals surface area contributed by atoms with Crippen molar-refractivity contribution in [2.75, 3.05) is 5.32 Å². The monoisotopic (exact) mass is 262 g/mol. The van der Waals surface area contributed by atoms with E-state index in [9.17, 15) is 9.59 Å². The van der Waals surface area contributed by atoms with Crippen LogP contribution in [0.1, 0.15) is 16.2 Å². The van der Waals surface area contributed by atoms with Crippen LogP contribution in [0.4, 0.5) is 5.69 Å². The summed E-state index contributed by atoms with van der Waals surface area (Å²) in [5, 5.41) is 15.7. The summed E-state index contributed by atoms with van der Waals surface area (Å²) in [5.74, 6) is -1.36. The average Bonchev–Trinajstić information content (AvgIpc) is 2.86. The number of rotatable bonds is 4. The SMILES string of the molecule is Cc1nn(C)cc1NC(=O)Cn1cccc1C(=O)O. The minimum absolute atomic E-state index is 0.0526. The molecular weight excluding hydrogens is 248 g/mol. The van der Waals surface area contributed by atoms with Gasteiger partial charge in [0.05, 0.1) is 11.4 Å². The quantitative estimate of drug-likeness (QED) is 0.855. The van der Waals surface area contributed by atoms with Crippen LogP contribution >= 0.6 is 0 Å². The van der Waals surface area contributed by atoms with E-state index in [1.807, 2.05) is 0 Å². The van der Waals surface area contributed by atoms with Crippen LogP contribution in [0.5, 0.6) is 0 Å². The van der Waals surface area contributed by atoms with Crippen molar-refractivity contribution in [1.29, 1.82) is 0 Å². The summed E-state index contributed by atoms with van der Waals surface area (Å²) in [7, 11) is 1.76. The van der Waals surface area contributed by atoms with Gasteiger partial charge in [0.25, 0.3) is 0 Å². The number of amides is 1. The van der Waals surface area contributed by atoms with Crippen LogP contribution in [-0.2, 0) is 18.4 Å². The van der Waals surface area contributed by atoms with E-state index < -0.39 is 5.97 Å². The van der Waals surface area contributed by atoms with E-state index in [1.165, 1.54) is 10.6 Å². The highest BCUT2D eigenvalue weighted by Gasteiger charge is 2.13. The Morgan fingerprint density at radius 2 is 2.21 bits per heavy atom. The second kappa shape index (κ2) is 4.97. The molecule has 19 heavy (non-hydrogen) atoms. The molecular formula is C12H14N4O3. The predicted octanol–water partition coefficient (Wildman–Crippen LogP) is 0.867. The molecule has 7 heteroatoms. The number of carbonyl (C=O) groups is 2. The highest BCUT2D eigenvalue weighted by Crippen LogP contribution is 2.11. The van der Waals surface area contributed by atoms with Crippen molar-refractivity contribution in [3.63, 3.8) is 0 Å². The molecule has 0 fully saturated rings. The minimum Gasteiger partial charge on any atom is -0.477 e. The van der Waals surface area contributed by atoms with Gasteiger partial charge in [-0.05, 0) is 19.1 Å². The number of aromatic nitrogens is 3. The van der Waals surface area contributed by atoms with Gasteiger partial charge in [-0.3, -0.25) is 9.48 Å². The van der Waals surface area contributed by atoms with Gasteiger partial charge in [-0.25, -0.2) is 4.79 Å². The zero-order valence-electron chi connectivity index (χ0n) is 10.6. The van der Waals surface area contributed by atoms with Crippen molar-refractivity contribution in [3.05, 3.63) is 35.9 Å². The van der Waals surface area contributed by atoms with E-state index in [4.69, 9.17) is 5.11 Å². The maximum atomic E-state index is 11.9. The third-order valence-corrected chi connectivity index (χ3v) is 2.65. The summed E-state index contributed by atoms with van der Waals surface area (Å²) in [5.41, 5.74) is 1.41. The molecule has 2 N–H and O–H groups in total. The van der Waals surface area contributed by atoms with E-state index >= 15 is 0 Å². The van der Waals surface area contributed by atoms with Crippen LogP contribution in [0.2, 0.25) is 0 Å². The maximum Gasteiger partial charge on any atom is 0.352 e. The van der Waals surface area contributed by atoms with E-state index in [-0.39, 0.29) is 18.1 Å². The Morgan fingerprint density at radius 1 is 1.47 bits per heavy atom. The number of aromatic carboxylic acids is 1. The van der Waals surface area contributed by atoms with Gasteiger partial charge >= 0.3 is 5.97 Å². The molecule has 0 radical (unpaired) electrons. The Balaban J connectivity index is 2.07. The summed E-state index contributed by atoms with van der Waals surface area (Å²) in [6, 6.07) is 3.04. The third-order valence-electron chi connectivity index (χ3n) is 2.65. The number of aryl methyl sites for hydroxylation is 2. The van der Waals surface area contributed by atoms with Gasteiger partial charge < -0.3 is 15.0 Å². The van der Waals surface area contributed by atoms with E-state index in [0.717, 1.165) is 0 Å². The Labute approximate surface area is 109 Å². The molecule has 0 bridgehead atoms. The molecule has 7 nitrogen and oxygen atoms in total. The van der Waals surface area contributed by atoms with Crippen molar-refractivity contribution in [2.45, 2.75) is 13.5 Å². The fourth-order valence-electron chi connectivity index (χ4n) is 1.81. The molecule has 0 saturated heterocycles. The standard InChI is InChI=1S/C12H14N4O3/c1-8-9(6-15(2)14-8)13-11(17)7-16-5-3-4-10(16)12(18)19/h3-6H,7H2,1-2H3,(H,13,17)(H,18,19). The zero-order valence-corrected chi connectivity index (χ0v) is 10.6. The first-order valence-corrected chi connectivity index (χ1v) is 5.66. The largest absolute Gasteiger partial charge is 0.477 e. The van der Waals surface area contributed by atoms with Crippen molar-refractivity contribution < 1.29 is 14.7 Å². The fourth-order valence-corrected chi connectivity index (χ4v) is 1.81. The number of carbonyl (C=O) groups excluding carboxylic acids is 1. The summed E-state index contributed by atoms with van der Waals surface area (Å²) < 4.78 is 2.98. The lowest BCUT2D eigenvalue weighted by molar-refractivity contribution is -0.116. The fraction of sp³-hybridized carbons (Fsp3) is 0.250. The van der Waals surface area contributed by atoms with Crippen molar-refractivity contribution in [3.8, 4) is 0 Å². The molecule has 0 aliphatic carbocycles. The second-order valence-electron chi connectivity index (χ2n) is 4.18. The molecule has 1 amide bonds. The van der Waals surface area contributed by atoms with Crippen molar-refractivity contribution >= 4 is 17.6 Å². The summed E-state index contributed by atoms with van der Waals surface area (Å²) >= 11 is 0. The van der Waals surface area contributed by atoms with Gasteiger partial charge in [0, 0.05) is 19.4 Å². The number of carboxylic acids is 1. The number of carboxylic acid groups (broad SMARTS) is 1. The zero-order chi connectivity index (χ0) is 14.0. The second-order valence-corrected chi connectivity index (χ2v) is 4.18. The molecule has 0 aromatic carbocycles. The van der Waals surface area contributed by atoms with Crippen LogP contribution < -0.4 is 5.32 Å². The van der Waals surface area contributed by atoms with Crippen molar-refractivity contribution in [2.24, 2.45) is 7.05 Å². The molecule has 0 spiro atoms. The van der Waals surface area contributed by atoms with Gasteiger partial charge in [-0.2, -0.15) is 5.10 Å². The smallest absolute Gasteiger partial charge is 0.352 e. The van der Waals surface area contributed by atoms with Crippen LogP contribution in [0.3, 0.4) is 0 Å². The molecule has 2 rings (SSSR count). The lowest BCUT2D eigenvalue weighted by Crippen LogP contribution is -2.21. The number of nitrogens with one attached hydrogen (secondary N) is 1. The molecule has 2 aromatic rings. The van der Waals surface area contributed by atoms with Gasteiger partial charge in [0.2, 0.25) is 5.91 Å². The van der Waals surface area contributed by atoms with Gasteiger partial charge in [-0.1, -0.05) is 0 Å². The molecule has 0 aliphatic heterocycles. The molecule has 0 aliphatic rings. The molecule has 0 saturated carbocycles. The van der Waals surface area contributed by atoms with E-state index in [2.05, 4.69) is 10.4 Å². The van der Waals surface area contributed by atoms with Gasteiger partial charge in [0.1, 0.15) is 12.2 Å². The van der Waals surface area contributed by atoms with E-state index in [0.29, 0.717) is 11.4 Å². The normalized spacial score (nSPS) is 10.4. The Kier molecular flexibility index (Phi) is 3.37. The lowest BCUT2D eigenvalue weighted by Gasteiger charge is -2.06. The number of hydrogen-bond donors (Lipinski definition) is 2. The van der Waals surface area contributed by atoms with Crippen LogP contribution in [0.15, 0.2) is 24.5 Å². The lowest BCUT2D eigenvalue weighted by atomic mass is 10.4. The first kappa shape index (κ1) is 12.9. The third kappa shape index (κ3) is 2.82. The summed E-state index contributed by atoms with van der Waals surface area (Å²) in [6.07, 6.45) is 3.25. The molecule has 2 heterocycles. The average molecular weight is 262 g/mol. The minimum atomic E-state index is -1.06. The Morgan fingerprint density at radius 3 is 2.79 bits per heavy atom. The topological polar surface area (TPSA) is 89.2 Å². The predicted molar refractivity (Wildman–Crippen MR) is 68.0 cm³/mol. The molecule has 100 valence electrons.